The van der Waals surface area contributed by atoms with E-state index in [1.54, 1.807) is 24.3 Å². The number of benzene rings is 3. The number of rotatable bonds is 5. The summed E-state index contributed by atoms with van der Waals surface area (Å²) in [5.74, 6) is -1.32. The van der Waals surface area contributed by atoms with Crippen LogP contribution in [-0.4, -0.2) is 22.6 Å². The summed E-state index contributed by atoms with van der Waals surface area (Å²) in [6.45, 7) is 0. The highest BCUT2D eigenvalue weighted by Gasteiger charge is 2.20. The fourth-order valence-corrected chi connectivity index (χ4v) is 3.66. The Hall–Kier alpha value is -2.97. The maximum absolute atomic E-state index is 14.1. The molecule has 3 rings (SSSR count). The van der Waals surface area contributed by atoms with E-state index >= 15 is 0 Å². The van der Waals surface area contributed by atoms with E-state index in [9.17, 15) is 17.2 Å². The Morgan fingerprint density at radius 2 is 1.32 bits per heavy atom. The van der Waals surface area contributed by atoms with E-state index < -0.39 is 21.7 Å². The average Bonchev–Trinajstić information content (AvgIpc) is 2.68. The van der Waals surface area contributed by atoms with Gasteiger partial charge in [-0.05, 0) is 47.0 Å². The first-order valence-corrected chi connectivity index (χ1v) is 9.64. The van der Waals surface area contributed by atoms with Crippen molar-refractivity contribution in [3.63, 3.8) is 0 Å². The third-order valence-corrected chi connectivity index (χ3v) is 5.18. The van der Waals surface area contributed by atoms with Gasteiger partial charge in [0.15, 0.2) is 11.6 Å². The van der Waals surface area contributed by atoms with Gasteiger partial charge in [0.1, 0.15) is 11.5 Å². The number of sulfonamides is 1. The molecule has 0 radical (unpaired) electrons. The van der Waals surface area contributed by atoms with Crippen molar-refractivity contribution in [1.29, 1.82) is 0 Å². The van der Waals surface area contributed by atoms with E-state index in [0.29, 0.717) is 17.1 Å². The molecule has 5 nitrogen and oxygen atoms in total. The van der Waals surface area contributed by atoms with Gasteiger partial charge in [-0.1, -0.05) is 18.2 Å². The maximum atomic E-state index is 14.1. The first kappa shape index (κ1) is 19.8. The van der Waals surface area contributed by atoms with Crippen LogP contribution in [0.5, 0.6) is 11.5 Å². The van der Waals surface area contributed by atoms with Gasteiger partial charge in [0.05, 0.1) is 19.1 Å². The third kappa shape index (κ3) is 3.83. The molecule has 0 aliphatic rings. The summed E-state index contributed by atoms with van der Waals surface area (Å²) in [6, 6.07) is 12.7. The number of primary sulfonamides is 1. The van der Waals surface area contributed by atoms with Crippen molar-refractivity contribution in [2.45, 2.75) is 4.90 Å². The zero-order valence-corrected chi connectivity index (χ0v) is 15.9. The normalized spacial score (nSPS) is 11.3. The summed E-state index contributed by atoms with van der Waals surface area (Å²) in [6.07, 6.45) is 0. The van der Waals surface area contributed by atoms with Crippen molar-refractivity contribution in [1.82, 2.24) is 0 Å². The van der Waals surface area contributed by atoms with Gasteiger partial charge in [-0.3, -0.25) is 0 Å². The molecule has 146 valence electrons. The van der Waals surface area contributed by atoms with Gasteiger partial charge in [-0.15, -0.1) is 0 Å². The lowest BCUT2D eigenvalue weighted by Crippen LogP contribution is -2.13. The Labute approximate surface area is 161 Å². The van der Waals surface area contributed by atoms with Crippen LogP contribution in [0.15, 0.2) is 59.5 Å². The molecule has 2 N–H and O–H groups in total. The molecule has 0 heterocycles. The fraction of sp³-hybridized carbons (Fsp3) is 0.100. The van der Waals surface area contributed by atoms with Crippen molar-refractivity contribution < 1.29 is 26.7 Å². The van der Waals surface area contributed by atoms with Crippen molar-refractivity contribution in [2.24, 2.45) is 5.14 Å². The minimum Gasteiger partial charge on any atom is -0.497 e. The molecule has 0 fully saturated rings. The molecule has 0 spiro atoms. The predicted molar refractivity (Wildman–Crippen MR) is 102 cm³/mol. The van der Waals surface area contributed by atoms with E-state index in [2.05, 4.69) is 0 Å². The molecule has 0 aromatic heterocycles. The first-order chi connectivity index (χ1) is 13.2. The summed E-state index contributed by atoms with van der Waals surface area (Å²) in [5.41, 5.74) is 1.03. The Morgan fingerprint density at radius 1 is 0.786 bits per heavy atom. The van der Waals surface area contributed by atoms with Crippen LogP contribution in [0.2, 0.25) is 0 Å². The lowest BCUT2D eigenvalue weighted by atomic mass is 9.94. The minimum atomic E-state index is -4.09. The molecule has 28 heavy (non-hydrogen) atoms. The summed E-state index contributed by atoms with van der Waals surface area (Å²) >= 11 is 0. The number of hydrogen-bond acceptors (Lipinski definition) is 4. The highest BCUT2D eigenvalue weighted by Crippen LogP contribution is 2.39. The number of halogens is 2. The summed E-state index contributed by atoms with van der Waals surface area (Å²) in [4.78, 5) is -0.197. The maximum Gasteiger partial charge on any atom is 0.238 e. The first-order valence-electron chi connectivity index (χ1n) is 8.09. The average molecular weight is 405 g/mol. The zero-order valence-electron chi connectivity index (χ0n) is 15.1. The third-order valence-electron chi connectivity index (χ3n) is 4.21. The van der Waals surface area contributed by atoms with Gasteiger partial charge in [0, 0.05) is 11.6 Å². The Balaban J connectivity index is 2.37. The quantitative estimate of drug-likeness (QED) is 0.697. The van der Waals surface area contributed by atoms with E-state index in [1.165, 1.54) is 32.4 Å². The topological polar surface area (TPSA) is 78.6 Å². The second kappa shape index (κ2) is 7.57. The molecule has 0 bridgehead atoms. The van der Waals surface area contributed by atoms with E-state index in [-0.39, 0.29) is 21.6 Å². The number of nitrogens with two attached hydrogens (primary N) is 1. The molecule has 0 unspecified atom stereocenters. The Kier molecular flexibility index (Phi) is 5.35. The van der Waals surface area contributed by atoms with Gasteiger partial charge in [-0.2, -0.15) is 0 Å². The van der Waals surface area contributed by atoms with E-state index in [4.69, 9.17) is 14.6 Å². The standard InChI is InChI=1S/C20H17F2NO4S/c1-26-13-7-12(8-14(9-13)27-2)16-10-18(21)19(22)11-17(16)15-5-3-4-6-20(15)28(23,24)25/h3-11H,1-2H3,(H2,23,24,25). The second-order valence-corrected chi connectivity index (χ2v) is 7.48. The van der Waals surface area contributed by atoms with Gasteiger partial charge in [0.25, 0.3) is 0 Å². The van der Waals surface area contributed by atoms with E-state index in [1.807, 2.05) is 0 Å². The molecular weight excluding hydrogens is 388 g/mol. The van der Waals surface area contributed by atoms with Crippen LogP contribution < -0.4 is 14.6 Å². The molecule has 0 saturated carbocycles. The molecule has 0 aliphatic carbocycles. The SMILES string of the molecule is COc1cc(OC)cc(-c2cc(F)c(F)cc2-c2ccccc2S(N)(=O)=O)c1. The fourth-order valence-electron chi connectivity index (χ4n) is 2.91. The zero-order chi connectivity index (χ0) is 20.5. The van der Waals surface area contributed by atoms with Gasteiger partial charge in [0.2, 0.25) is 10.0 Å². The molecule has 3 aromatic rings. The summed E-state index contributed by atoms with van der Waals surface area (Å²) in [5, 5.41) is 5.31. The van der Waals surface area contributed by atoms with Crippen molar-refractivity contribution in [3.05, 3.63) is 66.2 Å². The molecule has 3 aromatic carbocycles. The molecule has 0 amide bonds. The summed E-state index contributed by atoms with van der Waals surface area (Å²) < 4.78 is 62.6. The predicted octanol–water partition coefficient (Wildman–Crippen LogP) is 3.96. The molecular formula is C20H17F2NO4S. The van der Waals surface area contributed by atoms with Crippen molar-refractivity contribution in [2.75, 3.05) is 14.2 Å². The van der Waals surface area contributed by atoms with Gasteiger partial charge < -0.3 is 9.47 Å². The minimum absolute atomic E-state index is 0.153. The van der Waals surface area contributed by atoms with Gasteiger partial charge in [-0.25, -0.2) is 22.3 Å². The van der Waals surface area contributed by atoms with Crippen LogP contribution in [0.25, 0.3) is 22.3 Å². The highest BCUT2D eigenvalue weighted by molar-refractivity contribution is 7.89. The van der Waals surface area contributed by atoms with Crippen molar-refractivity contribution in [3.8, 4) is 33.8 Å². The molecule has 8 heteroatoms. The van der Waals surface area contributed by atoms with Crippen molar-refractivity contribution >= 4 is 10.0 Å². The van der Waals surface area contributed by atoms with Crippen LogP contribution in [-0.2, 0) is 10.0 Å². The Morgan fingerprint density at radius 3 is 1.86 bits per heavy atom. The van der Waals surface area contributed by atoms with Crippen LogP contribution in [0.1, 0.15) is 0 Å². The number of methoxy groups -OCH3 is 2. The monoisotopic (exact) mass is 405 g/mol. The van der Waals surface area contributed by atoms with Gasteiger partial charge >= 0.3 is 0 Å². The Bertz CT molecular complexity index is 1120. The van der Waals surface area contributed by atoms with Crippen LogP contribution in [0.3, 0.4) is 0 Å². The number of hydrogen-bond donors (Lipinski definition) is 1. The molecule has 0 aliphatic heterocycles. The smallest absolute Gasteiger partial charge is 0.238 e. The number of ether oxygens (including phenoxy) is 2. The summed E-state index contributed by atoms with van der Waals surface area (Å²) in [7, 11) is -1.18. The largest absolute Gasteiger partial charge is 0.497 e. The molecule has 0 saturated heterocycles. The van der Waals surface area contributed by atoms with Crippen LogP contribution >= 0.6 is 0 Å². The van der Waals surface area contributed by atoms with E-state index in [0.717, 1.165) is 12.1 Å². The van der Waals surface area contributed by atoms with Crippen LogP contribution in [0.4, 0.5) is 8.78 Å². The lowest BCUT2D eigenvalue weighted by Gasteiger charge is -2.15. The van der Waals surface area contributed by atoms with Crippen LogP contribution in [0, 0.1) is 11.6 Å². The second-order valence-electron chi connectivity index (χ2n) is 5.95. The molecule has 0 atom stereocenters. The highest BCUT2D eigenvalue weighted by atomic mass is 32.2. The lowest BCUT2D eigenvalue weighted by molar-refractivity contribution is 0.394.